The Morgan fingerprint density at radius 2 is 1.78 bits per heavy atom. The van der Waals surface area contributed by atoms with Crippen molar-refractivity contribution in [2.45, 2.75) is 65.1 Å². The number of benzene rings is 1. The molecule has 0 saturated carbocycles. The zero-order valence-corrected chi connectivity index (χ0v) is 22.5. The Labute approximate surface area is 219 Å². The van der Waals surface area contributed by atoms with Gasteiger partial charge in [0, 0.05) is 24.4 Å². The number of alkyl carbamates (subject to hydrolysis) is 1. The minimum Gasteiger partial charge on any atom is -0.466 e. The highest BCUT2D eigenvalue weighted by atomic mass is 32.1. The Balaban J connectivity index is 3.26. The third kappa shape index (κ3) is 10.2. The summed E-state index contributed by atoms with van der Waals surface area (Å²) < 4.78 is 10.2. The smallest absolute Gasteiger partial charge is 0.408 e. The fourth-order valence-corrected chi connectivity index (χ4v) is 3.54. The number of carbonyl (C=O) groups excluding carboxylic acids is 4. The Morgan fingerprint density at radius 1 is 1.14 bits per heavy atom. The van der Waals surface area contributed by atoms with E-state index in [9.17, 15) is 19.2 Å². The summed E-state index contributed by atoms with van der Waals surface area (Å²) in [6, 6.07) is 4.65. The van der Waals surface area contributed by atoms with Crippen molar-refractivity contribution in [3.8, 4) is 12.3 Å². The Bertz CT molecular complexity index is 936. The van der Waals surface area contributed by atoms with E-state index in [-0.39, 0.29) is 31.9 Å². The molecule has 0 saturated heterocycles. The third-order valence-corrected chi connectivity index (χ3v) is 5.17. The van der Waals surface area contributed by atoms with Gasteiger partial charge in [-0.15, -0.1) is 6.42 Å². The fourth-order valence-electron chi connectivity index (χ4n) is 3.29. The van der Waals surface area contributed by atoms with Crippen molar-refractivity contribution < 1.29 is 28.7 Å². The number of rotatable bonds is 12. The molecule has 0 aliphatic rings. The van der Waals surface area contributed by atoms with Crippen LogP contribution < -0.4 is 10.6 Å². The molecular formula is C26H37N3O6S. The molecule has 1 aromatic rings. The van der Waals surface area contributed by atoms with Gasteiger partial charge in [0.25, 0.3) is 0 Å². The molecule has 2 unspecified atom stereocenters. The van der Waals surface area contributed by atoms with E-state index < -0.39 is 41.6 Å². The summed E-state index contributed by atoms with van der Waals surface area (Å²) in [6.45, 7) is 9.21. The molecule has 3 amide bonds. The van der Waals surface area contributed by atoms with Gasteiger partial charge in [-0.2, -0.15) is 12.6 Å². The van der Waals surface area contributed by atoms with Crippen molar-refractivity contribution in [2.75, 3.05) is 25.4 Å². The lowest BCUT2D eigenvalue weighted by atomic mass is 10.0. The number of nitrogens with zero attached hydrogens (tertiary/aromatic N) is 1. The number of terminal acetylenes is 1. The number of hydrogen-bond acceptors (Lipinski definition) is 7. The summed E-state index contributed by atoms with van der Waals surface area (Å²) in [5.74, 6) is 1.10. The van der Waals surface area contributed by atoms with Crippen molar-refractivity contribution in [1.29, 1.82) is 0 Å². The number of nitrogens with one attached hydrogen (secondary N) is 2. The van der Waals surface area contributed by atoms with Crippen molar-refractivity contribution in [2.24, 2.45) is 0 Å². The molecule has 198 valence electrons. The van der Waals surface area contributed by atoms with Crippen LogP contribution in [-0.2, 0) is 23.9 Å². The van der Waals surface area contributed by atoms with Gasteiger partial charge in [-0.25, -0.2) is 4.79 Å². The van der Waals surface area contributed by atoms with Crippen LogP contribution >= 0.6 is 12.6 Å². The molecule has 1 aromatic carbocycles. The predicted octanol–water partition coefficient (Wildman–Crippen LogP) is 2.84. The van der Waals surface area contributed by atoms with Gasteiger partial charge in [0.15, 0.2) is 0 Å². The molecule has 10 heteroatoms. The van der Waals surface area contributed by atoms with Gasteiger partial charge in [0.1, 0.15) is 17.7 Å². The number of ether oxygens (including phenoxy) is 2. The van der Waals surface area contributed by atoms with Crippen LogP contribution in [0.3, 0.4) is 0 Å². The Morgan fingerprint density at radius 3 is 2.28 bits per heavy atom. The number of amides is 3. The summed E-state index contributed by atoms with van der Waals surface area (Å²) in [7, 11) is 0. The van der Waals surface area contributed by atoms with E-state index in [0.717, 1.165) is 0 Å². The molecule has 0 fully saturated rings. The van der Waals surface area contributed by atoms with Gasteiger partial charge < -0.3 is 25.0 Å². The van der Waals surface area contributed by atoms with Crippen LogP contribution in [0.5, 0.6) is 0 Å². The number of esters is 1. The lowest BCUT2D eigenvalue weighted by molar-refractivity contribution is -0.144. The molecule has 0 bridgehead atoms. The first-order chi connectivity index (χ1) is 17.0. The molecule has 0 aliphatic carbocycles. The highest BCUT2D eigenvalue weighted by Crippen LogP contribution is 2.24. The first-order valence-electron chi connectivity index (χ1n) is 11.9. The molecule has 0 aliphatic heterocycles. The molecule has 2 N–H and O–H groups in total. The van der Waals surface area contributed by atoms with E-state index in [4.69, 9.17) is 15.9 Å². The second-order valence-electron chi connectivity index (χ2n) is 8.93. The molecule has 0 radical (unpaired) electrons. The van der Waals surface area contributed by atoms with Gasteiger partial charge in [0.05, 0.1) is 13.0 Å². The van der Waals surface area contributed by atoms with E-state index in [1.165, 1.54) is 4.90 Å². The standard InChI is InChI=1S/C26H37N3O6S/c1-7-16-29(24(32)20(17-36)28-25(33)35-26(4,5)6)22(19-12-10-18(8-2)11-13-19)23(31)27-15-14-21(30)34-9-3/h2,10-13,20,22,36H,7,9,14-17H2,1,3-6H3,(H,27,31)(H,28,33). The molecule has 1 rings (SSSR count). The number of hydrogen-bond donors (Lipinski definition) is 3. The lowest BCUT2D eigenvalue weighted by Gasteiger charge is -2.34. The Kier molecular flexibility index (Phi) is 12.9. The summed E-state index contributed by atoms with van der Waals surface area (Å²) in [4.78, 5) is 52.4. The van der Waals surface area contributed by atoms with Crippen LogP contribution in [0.25, 0.3) is 0 Å². The van der Waals surface area contributed by atoms with Crippen molar-refractivity contribution in [3.05, 3.63) is 35.4 Å². The van der Waals surface area contributed by atoms with Gasteiger partial charge >= 0.3 is 12.1 Å². The first-order valence-corrected chi connectivity index (χ1v) is 12.5. The maximum absolute atomic E-state index is 13.6. The van der Waals surface area contributed by atoms with E-state index in [1.807, 2.05) is 6.92 Å². The second kappa shape index (κ2) is 15.0. The van der Waals surface area contributed by atoms with Gasteiger partial charge in [-0.05, 0) is 51.8 Å². The van der Waals surface area contributed by atoms with Crippen LogP contribution in [0.1, 0.15) is 64.6 Å². The van der Waals surface area contributed by atoms with Gasteiger partial charge in [0.2, 0.25) is 11.8 Å². The molecular weight excluding hydrogens is 482 g/mol. The zero-order valence-electron chi connectivity index (χ0n) is 21.6. The third-order valence-electron chi connectivity index (χ3n) is 4.81. The van der Waals surface area contributed by atoms with Gasteiger partial charge in [-0.3, -0.25) is 14.4 Å². The summed E-state index contributed by atoms with van der Waals surface area (Å²) in [5, 5.41) is 5.27. The summed E-state index contributed by atoms with van der Waals surface area (Å²) >= 11 is 4.24. The molecule has 9 nitrogen and oxygen atoms in total. The van der Waals surface area contributed by atoms with Crippen LogP contribution in [0, 0.1) is 12.3 Å². The summed E-state index contributed by atoms with van der Waals surface area (Å²) in [5.41, 5.74) is 0.394. The van der Waals surface area contributed by atoms with Crippen molar-refractivity contribution in [3.63, 3.8) is 0 Å². The first kappa shape index (κ1) is 30.8. The van der Waals surface area contributed by atoms with E-state index in [2.05, 4.69) is 29.2 Å². The minimum atomic E-state index is -1.03. The minimum absolute atomic E-state index is 0.00841. The predicted molar refractivity (Wildman–Crippen MR) is 140 cm³/mol. The highest BCUT2D eigenvalue weighted by Gasteiger charge is 2.35. The molecule has 2 atom stereocenters. The van der Waals surface area contributed by atoms with Gasteiger partial charge in [-0.1, -0.05) is 25.0 Å². The fraction of sp³-hybridized carbons (Fsp3) is 0.538. The van der Waals surface area contributed by atoms with Crippen molar-refractivity contribution >= 4 is 36.5 Å². The van der Waals surface area contributed by atoms with Crippen LogP contribution in [0.15, 0.2) is 24.3 Å². The largest absolute Gasteiger partial charge is 0.466 e. The quantitative estimate of drug-likeness (QED) is 0.222. The molecule has 0 spiro atoms. The topological polar surface area (TPSA) is 114 Å². The van der Waals surface area contributed by atoms with Crippen molar-refractivity contribution in [1.82, 2.24) is 15.5 Å². The van der Waals surface area contributed by atoms with E-state index in [1.54, 1.807) is 52.0 Å². The average Bonchev–Trinajstić information content (AvgIpc) is 2.81. The summed E-state index contributed by atoms with van der Waals surface area (Å²) in [6.07, 6.45) is 5.23. The van der Waals surface area contributed by atoms with E-state index in [0.29, 0.717) is 17.5 Å². The normalized spacial score (nSPS) is 12.5. The number of thiol groups is 1. The maximum Gasteiger partial charge on any atom is 0.408 e. The van der Waals surface area contributed by atoms with Crippen LogP contribution in [0.2, 0.25) is 0 Å². The molecule has 0 aromatic heterocycles. The average molecular weight is 520 g/mol. The monoisotopic (exact) mass is 519 g/mol. The number of carbonyl (C=O) groups is 4. The maximum atomic E-state index is 13.6. The second-order valence-corrected chi connectivity index (χ2v) is 9.29. The Hall–Kier alpha value is -3.19. The molecule has 0 heterocycles. The SMILES string of the molecule is C#Cc1ccc(C(C(=O)NCCC(=O)OCC)N(CCC)C(=O)C(CS)NC(=O)OC(C)(C)C)cc1. The molecule has 36 heavy (non-hydrogen) atoms. The van der Waals surface area contributed by atoms with Crippen LogP contribution in [0.4, 0.5) is 4.79 Å². The van der Waals surface area contributed by atoms with Crippen LogP contribution in [-0.4, -0.2) is 65.9 Å². The highest BCUT2D eigenvalue weighted by molar-refractivity contribution is 7.80. The zero-order chi connectivity index (χ0) is 27.3. The van der Waals surface area contributed by atoms with E-state index >= 15 is 0 Å². The lowest BCUT2D eigenvalue weighted by Crippen LogP contribution is -2.54.